The Kier molecular flexibility index (Phi) is 5.43. The molecule has 2 aromatic heterocycles. The standard InChI is InChI=1S/C16H24N4O2S/c1-11(2)8-12-9-14(20(4)19-12)18-15(21)17-10-16(3,22)13-6-5-7-23-13/h5-7,9,11,22H,8,10H2,1-4H3,(H2,17,18,21). The van der Waals surface area contributed by atoms with Crippen LogP contribution in [0.2, 0.25) is 0 Å². The minimum Gasteiger partial charge on any atom is -0.383 e. The van der Waals surface area contributed by atoms with Gasteiger partial charge in [-0.15, -0.1) is 11.3 Å². The average molecular weight is 336 g/mol. The molecule has 7 heteroatoms. The van der Waals surface area contributed by atoms with Crippen molar-refractivity contribution < 1.29 is 9.90 Å². The van der Waals surface area contributed by atoms with Gasteiger partial charge in [-0.3, -0.25) is 10.00 Å². The SMILES string of the molecule is CC(C)Cc1cc(NC(=O)NCC(C)(O)c2cccs2)n(C)n1. The molecule has 2 heterocycles. The first-order valence-corrected chi connectivity index (χ1v) is 8.50. The summed E-state index contributed by atoms with van der Waals surface area (Å²) in [6, 6.07) is 5.24. The van der Waals surface area contributed by atoms with E-state index in [9.17, 15) is 9.90 Å². The van der Waals surface area contributed by atoms with Gasteiger partial charge in [0.25, 0.3) is 0 Å². The van der Waals surface area contributed by atoms with Gasteiger partial charge in [-0.25, -0.2) is 4.79 Å². The number of aryl methyl sites for hydroxylation is 1. The summed E-state index contributed by atoms with van der Waals surface area (Å²) in [5, 5.41) is 22.1. The van der Waals surface area contributed by atoms with Crippen molar-refractivity contribution in [1.29, 1.82) is 0 Å². The molecular formula is C16H24N4O2S. The van der Waals surface area contributed by atoms with Crippen molar-refractivity contribution in [3.8, 4) is 0 Å². The van der Waals surface area contributed by atoms with Crippen molar-refractivity contribution in [2.45, 2.75) is 32.8 Å². The van der Waals surface area contributed by atoms with E-state index in [1.54, 1.807) is 18.7 Å². The van der Waals surface area contributed by atoms with Gasteiger partial charge in [-0.2, -0.15) is 5.10 Å². The van der Waals surface area contributed by atoms with Gasteiger partial charge in [-0.1, -0.05) is 19.9 Å². The summed E-state index contributed by atoms with van der Waals surface area (Å²) < 4.78 is 1.65. The maximum atomic E-state index is 12.0. The molecule has 2 aromatic rings. The van der Waals surface area contributed by atoms with Gasteiger partial charge in [0.15, 0.2) is 0 Å². The molecule has 2 amide bonds. The normalized spacial score (nSPS) is 13.8. The summed E-state index contributed by atoms with van der Waals surface area (Å²) >= 11 is 1.46. The zero-order valence-electron chi connectivity index (χ0n) is 14.0. The predicted octanol–water partition coefficient (Wildman–Crippen LogP) is 2.71. The third-order valence-corrected chi connectivity index (χ3v) is 4.56. The Balaban J connectivity index is 1.91. The quantitative estimate of drug-likeness (QED) is 0.759. The molecule has 2 rings (SSSR count). The van der Waals surface area contributed by atoms with Crippen LogP contribution in [0.3, 0.4) is 0 Å². The van der Waals surface area contributed by atoms with Crippen molar-refractivity contribution in [1.82, 2.24) is 15.1 Å². The fourth-order valence-electron chi connectivity index (χ4n) is 2.25. The minimum atomic E-state index is -1.08. The highest BCUT2D eigenvalue weighted by atomic mass is 32.1. The van der Waals surface area contributed by atoms with Crippen molar-refractivity contribution in [2.24, 2.45) is 13.0 Å². The largest absolute Gasteiger partial charge is 0.383 e. The van der Waals surface area contributed by atoms with E-state index in [0.29, 0.717) is 11.7 Å². The van der Waals surface area contributed by atoms with Gasteiger partial charge in [-0.05, 0) is 30.7 Å². The topological polar surface area (TPSA) is 79.2 Å². The summed E-state index contributed by atoms with van der Waals surface area (Å²) in [7, 11) is 1.79. The van der Waals surface area contributed by atoms with Crippen LogP contribution >= 0.6 is 11.3 Å². The van der Waals surface area contributed by atoms with E-state index in [4.69, 9.17) is 0 Å². The van der Waals surface area contributed by atoms with Crippen molar-refractivity contribution in [2.75, 3.05) is 11.9 Å². The Bertz CT molecular complexity index is 647. The van der Waals surface area contributed by atoms with Crippen LogP contribution in [0.1, 0.15) is 31.3 Å². The van der Waals surface area contributed by atoms with Crippen molar-refractivity contribution in [3.63, 3.8) is 0 Å². The van der Waals surface area contributed by atoms with E-state index < -0.39 is 5.60 Å². The van der Waals surface area contributed by atoms with Crippen LogP contribution in [0.5, 0.6) is 0 Å². The molecule has 0 spiro atoms. The molecule has 23 heavy (non-hydrogen) atoms. The number of carbonyl (C=O) groups is 1. The molecule has 1 unspecified atom stereocenters. The smallest absolute Gasteiger partial charge is 0.320 e. The number of anilines is 1. The predicted molar refractivity (Wildman–Crippen MR) is 92.7 cm³/mol. The van der Waals surface area contributed by atoms with E-state index in [-0.39, 0.29) is 12.6 Å². The highest BCUT2D eigenvalue weighted by Gasteiger charge is 2.25. The second-order valence-electron chi connectivity index (χ2n) is 6.30. The number of nitrogens with one attached hydrogen (secondary N) is 2. The van der Waals surface area contributed by atoms with Gasteiger partial charge in [0.05, 0.1) is 12.2 Å². The molecule has 1 atom stereocenters. The Hall–Kier alpha value is -1.86. The van der Waals surface area contributed by atoms with E-state index in [0.717, 1.165) is 17.0 Å². The second kappa shape index (κ2) is 7.14. The lowest BCUT2D eigenvalue weighted by Crippen LogP contribution is -2.40. The van der Waals surface area contributed by atoms with Crippen molar-refractivity contribution in [3.05, 3.63) is 34.2 Å². The highest BCUT2D eigenvalue weighted by Crippen LogP contribution is 2.24. The molecule has 3 N–H and O–H groups in total. The summed E-state index contributed by atoms with van der Waals surface area (Å²) in [6.07, 6.45) is 0.865. The van der Waals surface area contributed by atoms with Gasteiger partial charge in [0, 0.05) is 18.0 Å². The zero-order chi connectivity index (χ0) is 17.0. The number of nitrogens with zero attached hydrogens (tertiary/aromatic N) is 2. The fourth-order valence-corrected chi connectivity index (χ4v) is 3.03. The van der Waals surface area contributed by atoms with E-state index >= 15 is 0 Å². The first-order chi connectivity index (χ1) is 10.8. The number of aromatic nitrogens is 2. The lowest BCUT2D eigenvalue weighted by Gasteiger charge is -2.22. The van der Waals surface area contributed by atoms with Crippen LogP contribution in [0.4, 0.5) is 10.6 Å². The Labute approximate surface area is 140 Å². The van der Waals surface area contributed by atoms with Gasteiger partial charge in [0.2, 0.25) is 0 Å². The monoisotopic (exact) mass is 336 g/mol. The molecule has 0 saturated heterocycles. The van der Waals surface area contributed by atoms with Crippen LogP contribution in [0.15, 0.2) is 23.6 Å². The van der Waals surface area contributed by atoms with Gasteiger partial charge >= 0.3 is 6.03 Å². The maximum Gasteiger partial charge on any atom is 0.320 e. The molecule has 6 nitrogen and oxygen atoms in total. The molecule has 0 aromatic carbocycles. The molecule has 0 aliphatic carbocycles. The summed E-state index contributed by atoms with van der Waals surface area (Å²) in [5.41, 5.74) is -0.135. The Morgan fingerprint density at radius 3 is 2.87 bits per heavy atom. The highest BCUT2D eigenvalue weighted by molar-refractivity contribution is 7.10. The number of hydrogen-bond acceptors (Lipinski definition) is 4. The van der Waals surface area contributed by atoms with Crippen molar-refractivity contribution >= 4 is 23.2 Å². The Morgan fingerprint density at radius 2 is 2.26 bits per heavy atom. The first-order valence-electron chi connectivity index (χ1n) is 7.62. The van der Waals surface area contributed by atoms with Crippen LogP contribution < -0.4 is 10.6 Å². The fraction of sp³-hybridized carbons (Fsp3) is 0.500. The van der Waals surface area contributed by atoms with Gasteiger partial charge in [0.1, 0.15) is 11.4 Å². The number of rotatable bonds is 6. The number of thiophene rings is 1. The lowest BCUT2D eigenvalue weighted by atomic mass is 10.1. The van der Waals surface area contributed by atoms with E-state index in [1.165, 1.54) is 11.3 Å². The Morgan fingerprint density at radius 1 is 1.52 bits per heavy atom. The second-order valence-corrected chi connectivity index (χ2v) is 7.25. The van der Waals surface area contributed by atoms with Crippen LogP contribution in [0.25, 0.3) is 0 Å². The number of aliphatic hydroxyl groups is 1. The summed E-state index contributed by atoms with van der Waals surface area (Å²) in [4.78, 5) is 12.9. The van der Waals surface area contributed by atoms with Gasteiger partial charge < -0.3 is 10.4 Å². The number of amides is 2. The average Bonchev–Trinajstić information content (AvgIpc) is 3.07. The van der Waals surface area contributed by atoms with E-state index in [2.05, 4.69) is 29.6 Å². The molecule has 0 aliphatic heterocycles. The van der Waals surface area contributed by atoms with Crippen LogP contribution in [-0.2, 0) is 19.1 Å². The maximum absolute atomic E-state index is 12.0. The molecule has 0 bridgehead atoms. The number of hydrogen-bond donors (Lipinski definition) is 3. The number of urea groups is 1. The minimum absolute atomic E-state index is 0.135. The molecule has 126 valence electrons. The zero-order valence-corrected chi connectivity index (χ0v) is 14.8. The molecule has 0 aliphatic rings. The van der Waals surface area contributed by atoms with Crippen LogP contribution in [-0.4, -0.2) is 27.5 Å². The number of carbonyl (C=O) groups excluding carboxylic acids is 1. The molecule has 0 saturated carbocycles. The molecular weight excluding hydrogens is 312 g/mol. The lowest BCUT2D eigenvalue weighted by molar-refractivity contribution is 0.0637. The molecule has 0 fully saturated rings. The summed E-state index contributed by atoms with van der Waals surface area (Å²) in [5.74, 6) is 1.14. The first kappa shape index (κ1) is 17.5. The third kappa shape index (κ3) is 4.80. The van der Waals surface area contributed by atoms with E-state index in [1.807, 2.05) is 23.6 Å². The third-order valence-electron chi connectivity index (χ3n) is 3.43. The summed E-state index contributed by atoms with van der Waals surface area (Å²) in [6.45, 7) is 6.07. The molecule has 0 radical (unpaired) electrons. The van der Waals surface area contributed by atoms with Crippen LogP contribution in [0, 0.1) is 5.92 Å².